The molecule has 2 rings (SSSR count). The molecule has 0 fully saturated rings. The number of hydrazine groups is 1. The van der Waals surface area contributed by atoms with E-state index in [0.717, 1.165) is 18.8 Å². The van der Waals surface area contributed by atoms with Crippen LogP contribution in [0.15, 0.2) is 18.3 Å². The van der Waals surface area contributed by atoms with Crippen molar-refractivity contribution in [3.63, 3.8) is 0 Å². The van der Waals surface area contributed by atoms with E-state index in [1.165, 1.54) is 0 Å². The molecule has 0 spiro atoms. The number of hydrogen-bond donors (Lipinski definition) is 3. The molecule has 112 valence electrons. The highest BCUT2D eigenvalue weighted by molar-refractivity contribution is 5.43. The van der Waals surface area contributed by atoms with Gasteiger partial charge >= 0.3 is 0 Å². The van der Waals surface area contributed by atoms with Crippen LogP contribution in [0.3, 0.4) is 0 Å². The molecule has 2 heterocycles. The summed E-state index contributed by atoms with van der Waals surface area (Å²) in [5, 5.41) is 10.9. The number of hydrogen-bond acceptors (Lipinski definition) is 9. The number of nitrogens with two attached hydrogens (primary N) is 1. The molecule has 2 aromatic heterocycles. The van der Waals surface area contributed by atoms with Crippen LogP contribution in [-0.4, -0.2) is 38.2 Å². The van der Waals surface area contributed by atoms with E-state index in [4.69, 9.17) is 5.84 Å². The second-order valence-electron chi connectivity index (χ2n) is 4.17. The number of rotatable bonds is 7. The summed E-state index contributed by atoms with van der Waals surface area (Å²) in [4.78, 5) is 14.8. The van der Waals surface area contributed by atoms with Crippen molar-refractivity contribution in [2.24, 2.45) is 5.84 Å². The lowest BCUT2D eigenvalue weighted by Crippen LogP contribution is -2.26. The lowest BCUT2D eigenvalue weighted by atomic mass is 10.4. The monoisotopic (exact) mass is 289 g/mol. The van der Waals surface area contributed by atoms with Crippen molar-refractivity contribution < 1.29 is 0 Å². The largest absolute Gasteiger partial charge is 0.348 e. The van der Waals surface area contributed by atoms with Gasteiger partial charge in [0.1, 0.15) is 0 Å². The SMILES string of the molecule is CCN(CC)c1nc(NN)nc(NCc2cccnn2)n1. The van der Waals surface area contributed by atoms with Crippen LogP contribution in [0.1, 0.15) is 19.5 Å². The molecule has 0 saturated heterocycles. The molecule has 9 nitrogen and oxygen atoms in total. The molecule has 0 saturated carbocycles. The maximum Gasteiger partial charge on any atom is 0.243 e. The van der Waals surface area contributed by atoms with E-state index in [-0.39, 0.29) is 0 Å². The Morgan fingerprint density at radius 3 is 2.52 bits per heavy atom. The Bertz CT molecular complexity index is 556. The van der Waals surface area contributed by atoms with Gasteiger partial charge in [-0.05, 0) is 26.0 Å². The summed E-state index contributed by atoms with van der Waals surface area (Å²) < 4.78 is 0. The zero-order chi connectivity index (χ0) is 15.1. The summed E-state index contributed by atoms with van der Waals surface area (Å²) in [6.07, 6.45) is 1.63. The lowest BCUT2D eigenvalue weighted by molar-refractivity contribution is 0.810. The van der Waals surface area contributed by atoms with Gasteiger partial charge in [0.2, 0.25) is 17.8 Å². The smallest absolute Gasteiger partial charge is 0.243 e. The van der Waals surface area contributed by atoms with E-state index in [9.17, 15) is 0 Å². The first-order chi connectivity index (χ1) is 10.3. The number of nitrogen functional groups attached to an aromatic ring is 1. The van der Waals surface area contributed by atoms with E-state index in [0.29, 0.717) is 24.4 Å². The van der Waals surface area contributed by atoms with Gasteiger partial charge in [-0.25, -0.2) is 5.84 Å². The van der Waals surface area contributed by atoms with Crippen molar-refractivity contribution in [3.05, 3.63) is 24.0 Å². The van der Waals surface area contributed by atoms with E-state index in [1.807, 2.05) is 30.9 Å². The van der Waals surface area contributed by atoms with E-state index >= 15 is 0 Å². The highest BCUT2D eigenvalue weighted by Gasteiger charge is 2.10. The summed E-state index contributed by atoms with van der Waals surface area (Å²) in [5.74, 6) is 6.73. The van der Waals surface area contributed by atoms with Crippen molar-refractivity contribution in [1.82, 2.24) is 25.1 Å². The van der Waals surface area contributed by atoms with Crippen LogP contribution >= 0.6 is 0 Å². The average Bonchev–Trinajstić information content (AvgIpc) is 2.55. The van der Waals surface area contributed by atoms with Crippen molar-refractivity contribution in [2.45, 2.75) is 20.4 Å². The van der Waals surface area contributed by atoms with Gasteiger partial charge < -0.3 is 10.2 Å². The molecule has 9 heteroatoms. The molecular weight excluding hydrogens is 270 g/mol. The molecule has 2 aromatic rings. The lowest BCUT2D eigenvalue weighted by Gasteiger charge is -2.19. The standard InChI is InChI=1S/C12H19N9/c1-3-21(4-2)12-17-10(16-11(18-12)19-13)14-8-9-6-5-7-15-20-9/h5-7H,3-4,8,13H2,1-2H3,(H2,14,16,17,18,19). The molecule has 0 unspecified atom stereocenters. The third-order valence-corrected chi connectivity index (χ3v) is 2.85. The van der Waals surface area contributed by atoms with Crippen LogP contribution < -0.4 is 21.5 Å². The predicted molar refractivity (Wildman–Crippen MR) is 80.6 cm³/mol. The zero-order valence-corrected chi connectivity index (χ0v) is 12.1. The van der Waals surface area contributed by atoms with Crippen molar-refractivity contribution in [1.29, 1.82) is 0 Å². The first-order valence-corrected chi connectivity index (χ1v) is 6.74. The molecule has 0 aliphatic carbocycles. The minimum atomic E-state index is 0.313. The molecule has 0 atom stereocenters. The fraction of sp³-hybridized carbons (Fsp3) is 0.417. The van der Waals surface area contributed by atoms with Gasteiger partial charge in [0.05, 0.1) is 12.2 Å². The van der Waals surface area contributed by atoms with Gasteiger partial charge in [0.15, 0.2) is 0 Å². The first kappa shape index (κ1) is 14.9. The topological polar surface area (TPSA) is 118 Å². The molecular formula is C12H19N9. The van der Waals surface area contributed by atoms with Gasteiger partial charge in [-0.1, -0.05) is 0 Å². The van der Waals surface area contributed by atoms with Gasteiger partial charge in [0.25, 0.3) is 0 Å². The fourth-order valence-corrected chi connectivity index (χ4v) is 1.75. The quantitative estimate of drug-likeness (QED) is 0.491. The molecule has 0 amide bonds. The molecule has 0 bridgehead atoms. The summed E-state index contributed by atoms with van der Waals surface area (Å²) in [5.41, 5.74) is 3.25. The minimum Gasteiger partial charge on any atom is -0.348 e. The number of nitrogens with zero attached hydrogens (tertiary/aromatic N) is 6. The second kappa shape index (κ2) is 7.29. The average molecular weight is 289 g/mol. The molecule has 0 radical (unpaired) electrons. The van der Waals surface area contributed by atoms with Crippen molar-refractivity contribution in [2.75, 3.05) is 28.7 Å². The van der Waals surface area contributed by atoms with Gasteiger partial charge in [-0.15, -0.1) is 0 Å². The third-order valence-electron chi connectivity index (χ3n) is 2.85. The van der Waals surface area contributed by atoms with Gasteiger partial charge in [-0.3, -0.25) is 5.43 Å². The van der Waals surface area contributed by atoms with Crippen LogP contribution in [-0.2, 0) is 6.54 Å². The molecule has 0 aromatic carbocycles. The third kappa shape index (κ3) is 3.96. The number of aromatic nitrogens is 5. The number of nitrogens with one attached hydrogen (secondary N) is 2. The second-order valence-corrected chi connectivity index (χ2v) is 4.17. The van der Waals surface area contributed by atoms with E-state index in [2.05, 4.69) is 35.9 Å². The highest BCUT2D eigenvalue weighted by Crippen LogP contribution is 2.13. The van der Waals surface area contributed by atoms with E-state index in [1.54, 1.807) is 6.20 Å². The Morgan fingerprint density at radius 2 is 1.90 bits per heavy atom. The zero-order valence-electron chi connectivity index (χ0n) is 12.1. The predicted octanol–water partition coefficient (Wildman–Crippen LogP) is 0.405. The molecule has 0 aliphatic heterocycles. The van der Waals surface area contributed by atoms with Crippen LogP contribution in [0.4, 0.5) is 17.8 Å². The van der Waals surface area contributed by atoms with Crippen molar-refractivity contribution >= 4 is 17.8 Å². The van der Waals surface area contributed by atoms with Gasteiger partial charge in [0, 0.05) is 19.3 Å². The Morgan fingerprint density at radius 1 is 1.14 bits per heavy atom. The molecule has 4 N–H and O–H groups in total. The van der Waals surface area contributed by atoms with Crippen LogP contribution in [0, 0.1) is 0 Å². The highest BCUT2D eigenvalue weighted by atomic mass is 15.4. The Labute approximate surface area is 123 Å². The van der Waals surface area contributed by atoms with Crippen LogP contribution in [0.2, 0.25) is 0 Å². The molecule has 0 aliphatic rings. The maximum atomic E-state index is 5.41. The Kier molecular flexibility index (Phi) is 5.16. The summed E-state index contributed by atoms with van der Waals surface area (Å²) in [7, 11) is 0. The number of anilines is 3. The molecule has 21 heavy (non-hydrogen) atoms. The Balaban J connectivity index is 2.16. The maximum absolute atomic E-state index is 5.41. The van der Waals surface area contributed by atoms with Gasteiger partial charge in [-0.2, -0.15) is 25.1 Å². The summed E-state index contributed by atoms with van der Waals surface area (Å²) >= 11 is 0. The fourth-order valence-electron chi connectivity index (χ4n) is 1.75. The normalized spacial score (nSPS) is 10.2. The van der Waals surface area contributed by atoms with Crippen LogP contribution in [0.25, 0.3) is 0 Å². The summed E-state index contributed by atoms with van der Waals surface area (Å²) in [6, 6.07) is 3.69. The van der Waals surface area contributed by atoms with Crippen LogP contribution in [0.5, 0.6) is 0 Å². The minimum absolute atomic E-state index is 0.313. The first-order valence-electron chi connectivity index (χ1n) is 6.74. The van der Waals surface area contributed by atoms with E-state index < -0.39 is 0 Å². The summed E-state index contributed by atoms with van der Waals surface area (Å²) in [6.45, 7) is 6.15. The Hall–Kier alpha value is -2.55. The van der Waals surface area contributed by atoms with Crippen molar-refractivity contribution in [3.8, 4) is 0 Å².